The van der Waals surface area contributed by atoms with Crippen molar-refractivity contribution in [2.45, 2.75) is 38.4 Å². The minimum absolute atomic E-state index is 0.0304. The summed E-state index contributed by atoms with van der Waals surface area (Å²) in [6, 6.07) is 9.83. The minimum atomic E-state index is -0.305. The quantitative estimate of drug-likeness (QED) is 0.276. The van der Waals surface area contributed by atoms with Crippen LogP contribution in [0.4, 0.5) is 0 Å². The lowest BCUT2D eigenvalue weighted by molar-refractivity contribution is 0.0485. The van der Waals surface area contributed by atoms with Crippen molar-refractivity contribution >= 4 is 17.0 Å². The molecule has 9 nitrogen and oxygen atoms in total. The molecule has 1 aliphatic rings. The van der Waals surface area contributed by atoms with Crippen LogP contribution in [0.3, 0.4) is 0 Å². The largest absolute Gasteiger partial charge is 0.374 e. The van der Waals surface area contributed by atoms with Crippen LogP contribution >= 0.6 is 0 Å². The fourth-order valence-corrected chi connectivity index (χ4v) is 3.83. The Morgan fingerprint density at radius 3 is 2.94 bits per heavy atom. The highest BCUT2D eigenvalue weighted by Gasteiger charge is 2.19. The number of benzene rings is 1. The molecule has 6 N–H and O–H groups in total. The summed E-state index contributed by atoms with van der Waals surface area (Å²) in [6.45, 7) is 5.04. The summed E-state index contributed by atoms with van der Waals surface area (Å²) in [7, 11) is 0. The predicted octanol–water partition coefficient (Wildman–Crippen LogP) is 1.57. The summed E-state index contributed by atoms with van der Waals surface area (Å²) < 4.78 is 7.42. The number of ether oxygens (including phenoxy) is 1. The first-order valence-electron chi connectivity index (χ1n) is 10.6. The maximum absolute atomic E-state index is 12.6. The zero-order chi connectivity index (χ0) is 21.8. The number of nitrogens with one attached hydrogen (secondary N) is 4. The van der Waals surface area contributed by atoms with Crippen LogP contribution in [0.25, 0.3) is 16.7 Å². The topological polar surface area (TPSA) is 134 Å². The Morgan fingerprint density at radius 2 is 2.23 bits per heavy atom. The normalized spacial score (nSPS) is 17.1. The molecule has 164 valence electrons. The highest BCUT2D eigenvalue weighted by Crippen LogP contribution is 2.24. The van der Waals surface area contributed by atoms with E-state index in [1.807, 2.05) is 37.4 Å². The Balaban J connectivity index is 1.42. The third-order valence-corrected chi connectivity index (χ3v) is 5.64. The molecule has 4 rings (SSSR count). The van der Waals surface area contributed by atoms with Crippen molar-refractivity contribution in [3.8, 4) is 5.69 Å². The molecule has 3 heterocycles. The van der Waals surface area contributed by atoms with Gasteiger partial charge in [-0.3, -0.25) is 9.98 Å². The van der Waals surface area contributed by atoms with Crippen molar-refractivity contribution in [1.82, 2.24) is 25.2 Å². The monoisotopic (exact) mass is 423 g/mol. The van der Waals surface area contributed by atoms with Crippen molar-refractivity contribution in [2.24, 2.45) is 5.73 Å². The standard InChI is InChI=1S/C22H29N7O2/c1-14(6-9-26-21(23)24)31-13-15-2-4-18(5-3-15)29-12-17-10-19(16-7-8-25-11-16)27-20(17)28-22(29)30/h2-5,10,12,14,16,25H,6-9,11,13H2,1H3,(H4,23,24,26)(H,27,28,30)/t14-,16?/m0/s1. The number of nitrogens with two attached hydrogens (primary N) is 1. The average molecular weight is 424 g/mol. The van der Waals surface area contributed by atoms with Crippen molar-refractivity contribution in [1.29, 1.82) is 5.41 Å². The fraction of sp³-hybridized carbons (Fsp3) is 0.409. The van der Waals surface area contributed by atoms with E-state index in [1.165, 1.54) is 0 Å². The summed E-state index contributed by atoms with van der Waals surface area (Å²) in [5.41, 5.74) is 8.53. The van der Waals surface area contributed by atoms with Gasteiger partial charge in [0.25, 0.3) is 0 Å². The molecule has 0 radical (unpaired) electrons. The number of guanidine groups is 1. The van der Waals surface area contributed by atoms with Gasteiger partial charge in [-0.2, -0.15) is 4.98 Å². The minimum Gasteiger partial charge on any atom is -0.374 e. The molecule has 1 aromatic carbocycles. The molecule has 2 atom stereocenters. The van der Waals surface area contributed by atoms with Crippen LogP contribution in [0.5, 0.6) is 0 Å². The summed E-state index contributed by atoms with van der Waals surface area (Å²) in [5.74, 6) is 0.412. The van der Waals surface area contributed by atoms with Crippen LogP contribution in [0.2, 0.25) is 0 Å². The molecule has 31 heavy (non-hydrogen) atoms. The second kappa shape index (κ2) is 9.32. The van der Waals surface area contributed by atoms with Gasteiger partial charge in [-0.15, -0.1) is 0 Å². The van der Waals surface area contributed by atoms with Gasteiger partial charge in [0.15, 0.2) is 5.96 Å². The first-order chi connectivity index (χ1) is 15.0. The molecule has 0 saturated carbocycles. The number of hydrogen-bond donors (Lipinski definition) is 5. The maximum Gasteiger partial charge on any atom is 0.354 e. The van der Waals surface area contributed by atoms with Gasteiger partial charge in [-0.05, 0) is 50.1 Å². The Labute approximate surface area is 180 Å². The van der Waals surface area contributed by atoms with E-state index in [0.717, 1.165) is 48.3 Å². The van der Waals surface area contributed by atoms with Gasteiger partial charge in [-0.25, -0.2) is 4.79 Å². The Hall–Kier alpha value is -3.17. The molecule has 0 spiro atoms. The maximum atomic E-state index is 12.6. The highest BCUT2D eigenvalue weighted by molar-refractivity contribution is 5.76. The molecule has 1 fully saturated rings. The third-order valence-electron chi connectivity index (χ3n) is 5.64. The molecular weight excluding hydrogens is 394 g/mol. The Kier molecular flexibility index (Phi) is 6.34. The van der Waals surface area contributed by atoms with Gasteiger partial charge in [0.1, 0.15) is 5.65 Å². The lowest BCUT2D eigenvalue weighted by atomic mass is 10.1. The van der Waals surface area contributed by atoms with Crippen LogP contribution in [-0.2, 0) is 11.3 Å². The Bertz CT molecular complexity index is 1100. The number of fused-ring (bicyclic) bond motifs is 1. The molecular formula is C22H29N7O2. The van der Waals surface area contributed by atoms with E-state index in [1.54, 1.807) is 4.57 Å². The second-order valence-corrected chi connectivity index (χ2v) is 8.03. The summed E-state index contributed by atoms with van der Waals surface area (Å²) in [6.07, 6.45) is 3.74. The molecule has 2 aromatic heterocycles. The van der Waals surface area contributed by atoms with E-state index in [9.17, 15) is 4.79 Å². The van der Waals surface area contributed by atoms with E-state index in [2.05, 4.69) is 26.7 Å². The highest BCUT2D eigenvalue weighted by atomic mass is 16.5. The zero-order valence-corrected chi connectivity index (χ0v) is 17.6. The summed E-state index contributed by atoms with van der Waals surface area (Å²) >= 11 is 0. The van der Waals surface area contributed by atoms with Crippen molar-refractivity contribution < 1.29 is 4.74 Å². The van der Waals surface area contributed by atoms with E-state index in [4.69, 9.17) is 15.9 Å². The van der Waals surface area contributed by atoms with Crippen LogP contribution < -0.4 is 22.1 Å². The third kappa shape index (κ3) is 5.12. The lowest BCUT2D eigenvalue weighted by Crippen LogP contribution is -2.32. The van der Waals surface area contributed by atoms with Gasteiger partial charge in [-0.1, -0.05) is 12.1 Å². The van der Waals surface area contributed by atoms with Crippen LogP contribution in [0, 0.1) is 5.41 Å². The molecule has 1 unspecified atom stereocenters. The van der Waals surface area contributed by atoms with E-state index < -0.39 is 0 Å². The van der Waals surface area contributed by atoms with Crippen molar-refractivity contribution in [2.75, 3.05) is 19.6 Å². The van der Waals surface area contributed by atoms with E-state index in [-0.39, 0.29) is 17.8 Å². The molecule has 0 bridgehead atoms. The molecule has 0 aliphatic carbocycles. The van der Waals surface area contributed by atoms with Crippen LogP contribution in [0.15, 0.2) is 41.3 Å². The fourth-order valence-electron chi connectivity index (χ4n) is 3.83. The van der Waals surface area contributed by atoms with E-state index >= 15 is 0 Å². The first kappa shape index (κ1) is 21.1. The number of rotatable bonds is 8. The number of hydrogen-bond acceptors (Lipinski definition) is 5. The summed E-state index contributed by atoms with van der Waals surface area (Å²) in [4.78, 5) is 20.1. The number of H-pyrrole nitrogens is 1. The lowest BCUT2D eigenvalue weighted by Gasteiger charge is -2.14. The first-order valence-corrected chi connectivity index (χ1v) is 10.6. The smallest absolute Gasteiger partial charge is 0.354 e. The van der Waals surface area contributed by atoms with Gasteiger partial charge in [0.2, 0.25) is 0 Å². The SMILES string of the molecule is C[C@@H](CCNC(=N)N)OCc1ccc(-n2cc3cc(C4CCNC4)[nH]c3nc2=O)cc1. The van der Waals surface area contributed by atoms with Crippen LogP contribution in [0.1, 0.15) is 36.9 Å². The number of nitrogens with zero attached hydrogens (tertiary/aromatic N) is 2. The zero-order valence-electron chi connectivity index (χ0n) is 17.6. The van der Waals surface area contributed by atoms with E-state index in [0.29, 0.717) is 24.7 Å². The van der Waals surface area contributed by atoms with Gasteiger partial charge in [0, 0.05) is 36.3 Å². The summed E-state index contributed by atoms with van der Waals surface area (Å²) in [5, 5.41) is 14.2. The molecule has 9 heteroatoms. The number of aromatic nitrogens is 3. The second-order valence-electron chi connectivity index (χ2n) is 8.03. The molecule has 1 aliphatic heterocycles. The molecule has 1 saturated heterocycles. The number of aromatic amines is 1. The van der Waals surface area contributed by atoms with Gasteiger partial charge < -0.3 is 26.1 Å². The van der Waals surface area contributed by atoms with Crippen molar-refractivity contribution in [3.63, 3.8) is 0 Å². The van der Waals surface area contributed by atoms with Gasteiger partial charge in [0.05, 0.1) is 18.4 Å². The predicted molar refractivity (Wildman–Crippen MR) is 121 cm³/mol. The van der Waals surface area contributed by atoms with Crippen molar-refractivity contribution in [3.05, 3.63) is 58.3 Å². The molecule has 3 aromatic rings. The van der Waals surface area contributed by atoms with Gasteiger partial charge >= 0.3 is 5.69 Å². The van der Waals surface area contributed by atoms with Crippen LogP contribution in [-0.4, -0.2) is 46.2 Å². The molecule has 0 amide bonds. The Morgan fingerprint density at radius 1 is 1.42 bits per heavy atom. The average Bonchev–Trinajstić information content (AvgIpc) is 3.41.